The maximum absolute atomic E-state index is 7.17. The molecule has 0 unspecified atom stereocenters. The normalized spacial score (nSPS) is 6.00. The van der Waals surface area contributed by atoms with Crippen LogP contribution >= 0.6 is 0 Å². The van der Waals surface area contributed by atoms with Crippen LogP contribution in [0.25, 0.3) is 0 Å². The first kappa shape index (κ1) is 16.3. The predicted octanol–water partition coefficient (Wildman–Crippen LogP) is -5.02. The highest BCUT2D eigenvalue weighted by molar-refractivity contribution is 6.30. The summed E-state index contributed by atoms with van der Waals surface area (Å²) in [6.07, 6.45) is 0. The molecule has 0 saturated heterocycles. The molecule has 0 aromatic carbocycles. The molecular formula is H8B2MgO6. The van der Waals surface area contributed by atoms with E-state index in [-0.39, 0.29) is 23.1 Å². The maximum Gasteiger partial charge on any atom is 0.631 e. The van der Waals surface area contributed by atoms with Crippen molar-refractivity contribution >= 4 is 37.7 Å². The summed E-state index contributed by atoms with van der Waals surface area (Å²) < 4.78 is 0. The van der Waals surface area contributed by atoms with Crippen molar-refractivity contribution in [3.8, 4) is 0 Å². The van der Waals surface area contributed by atoms with E-state index in [4.69, 9.17) is 30.1 Å². The molecule has 0 atom stereocenters. The number of hydrogen-bond donors (Lipinski definition) is 6. The average Bonchev–Trinajstić information content (AvgIpc) is 1.25. The van der Waals surface area contributed by atoms with Gasteiger partial charge in [-0.15, -0.1) is 0 Å². The summed E-state index contributed by atoms with van der Waals surface area (Å²) in [5, 5.41) is 43.0. The molecular weight excluding hydrogens is 142 g/mol. The van der Waals surface area contributed by atoms with Crippen LogP contribution in [0, 0.1) is 0 Å². The molecule has 0 aliphatic rings. The molecule has 0 aromatic rings. The van der Waals surface area contributed by atoms with Gasteiger partial charge in [-0.1, -0.05) is 0 Å². The lowest BCUT2D eigenvalue weighted by atomic mass is 10.3. The standard InChI is InChI=1S/2BH3O3.Mg.2H/c2*2-1(3)4;;;/h2*2-4H;;;. The Bertz CT molecular complexity index is 26.5. The fraction of sp³-hybridized carbons (Fsp3) is 0. The van der Waals surface area contributed by atoms with Crippen LogP contribution in [0.4, 0.5) is 0 Å². The molecule has 0 amide bonds. The van der Waals surface area contributed by atoms with E-state index in [1.54, 1.807) is 0 Å². The Balaban J connectivity index is -0.0000000720. The van der Waals surface area contributed by atoms with Crippen molar-refractivity contribution in [3.05, 3.63) is 0 Å². The van der Waals surface area contributed by atoms with Crippen LogP contribution in [0.5, 0.6) is 0 Å². The van der Waals surface area contributed by atoms with E-state index in [0.29, 0.717) is 0 Å². The lowest BCUT2D eigenvalue weighted by Crippen LogP contribution is -2.07. The largest absolute Gasteiger partial charge is 0.631 e. The first-order chi connectivity index (χ1) is 3.46. The van der Waals surface area contributed by atoms with Crippen LogP contribution in [-0.2, 0) is 0 Å². The van der Waals surface area contributed by atoms with Crippen molar-refractivity contribution in [1.29, 1.82) is 0 Å². The highest BCUT2D eigenvalue weighted by atomic mass is 24.3. The molecule has 0 fully saturated rings. The molecule has 0 heterocycles. The maximum atomic E-state index is 7.17. The second-order valence-electron chi connectivity index (χ2n) is 0.693. The van der Waals surface area contributed by atoms with Crippen molar-refractivity contribution in [3.63, 3.8) is 0 Å². The van der Waals surface area contributed by atoms with Crippen LogP contribution in [0.15, 0.2) is 0 Å². The van der Waals surface area contributed by atoms with Crippen LogP contribution in [0.1, 0.15) is 0 Å². The lowest BCUT2D eigenvalue weighted by molar-refractivity contribution is 0.276. The second kappa shape index (κ2) is 11.5. The lowest BCUT2D eigenvalue weighted by Gasteiger charge is -1.69. The highest BCUT2D eigenvalue weighted by Gasteiger charge is 1.93. The summed E-state index contributed by atoms with van der Waals surface area (Å²) in [6, 6.07) is 0. The third-order valence-corrected chi connectivity index (χ3v) is 0. The zero-order valence-electron chi connectivity index (χ0n) is 3.84. The third-order valence-electron chi connectivity index (χ3n) is 0. The summed E-state index contributed by atoms with van der Waals surface area (Å²) in [4.78, 5) is 0. The van der Waals surface area contributed by atoms with Crippen molar-refractivity contribution in [2.75, 3.05) is 0 Å². The molecule has 9 heteroatoms. The Labute approximate surface area is 68.3 Å². The summed E-state index contributed by atoms with van der Waals surface area (Å²) in [5.41, 5.74) is 0. The number of rotatable bonds is 0. The van der Waals surface area contributed by atoms with Gasteiger partial charge in [0.05, 0.1) is 0 Å². The summed E-state index contributed by atoms with van der Waals surface area (Å²) in [5.74, 6) is 0. The second-order valence-corrected chi connectivity index (χ2v) is 0.693. The van der Waals surface area contributed by atoms with Gasteiger partial charge in [-0.3, -0.25) is 0 Å². The van der Waals surface area contributed by atoms with Crippen LogP contribution in [-0.4, -0.2) is 67.8 Å². The minimum atomic E-state index is -2.17. The van der Waals surface area contributed by atoms with E-state index < -0.39 is 14.6 Å². The SMILES string of the molecule is OB(O)O.OB(O)O.[MgH2]. The first-order valence-corrected chi connectivity index (χ1v) is 1.55. The van der Waals surface area contributed by atoms with Crippen LogP contribution < -0.4 is 0 Å². The highest BCUT2D eigenvalue weighted by Crippen LogP contribution is 1.40. The fourth-order valence-electron chi connectivity index (χ4n) is 0. The molecule has 0 saturated carbocycles. The zero-order valence-corrected chi connectivity index (χ0v) is 3.84. The Morgan fingerprint density at radius 2 is 0.556 bits per heavy atom. The van der Waals surface area contributed by atoms with Gasteiger partial charge in [0.1, 0.15) is 0 Å². The quantitative estimate of drug-likeness (QED) is 0.192. The Morgan fingerprint density at radius 3 is 0.556 bits per heavy atom. The van der Waals surface area contributed by atoms with Crippen molar-refractivity contribution in [1.82, 2.24) is 0 Å². The van der Waals surface area contributed by atoms with Crippen LogP contribution in [0.2, 0.25) is 0 Å². The molecule has 9 heavy (non-hydrogen) atoms. The van der Waals surface area contributed by atoms with Crippen molar-refractivity contribution in [2.45, 2.75) is 0 Å². The smallest absolute Gasteiger partial charge is 0.402 e. The molecule has 6 nitrogen and oxygen atoms in total. The minimum Gasteiger partial charge on any atom is -0.402 e. The van der Waals surface area contributed by atoms with Gasteiger partial charge < -0.3 is 30.1 Å². The third kappa shape index (κ3) is 891. The minimum absolute atomic E-state index is 0. The molecule has 52 valence electrons. The van der Waals surface area contributed by atoms with Gasteiger partial charge in [0.25, 0.3) is 0 Å². The molecule has 6 N–H and O–H groups in total. The fourth-order valence-corrected chi connectivity index (χ4v) is 0. The van der Waals surface area contributed by atoms with Gasteiger partial charge >= 0.3 is 37.7 Å². The van der Waals surface area contributed by atoms with Gasteiger partial charge in [0.15, 0.2) is 0 Å². The van der Waals surface area contributed by atoms with Gasteiger partial charge in [-0.2, -0.15) is 0 Å². The summed E-state index contributed by atoms with van der Waals surface area (Å²) >= 11 is 0. The Kier molecular flexibility index (Phi) is 20.8. The molecule has 0 aromatic heterocycles. The first-order valence-electron chi connectivity index (χ1n) is 1.55. The van der Waals surface area contributed by atoms with Gasteiger partial charge in [-0.25, -0.2) is 0 Å². The van der Waals surface area contributed by atoms with Gasteiger partial charge in [0, 0.05) is 0 Å². The van der Waals surface area contributed by atoms with E-state index in [0.717, 1.165) is 0 Å². The van der Waals surface area contributed by atoms with E-state index in [1.807, 2.05) is 0 Å². The van der Waals surface area contributed by atoms with E-state index in [1.165, 1.54) is 0 Å². The summed E-state index contributed by atoms with van der Waals surface area (Å²) in [6.45, 7) is 0. The molecule has 0 aliphatic heterocycles. The van der Waals surface area contributed by atoms with E-state index in [9.17, 15) is 0 Å². The topological polar surface area (TPSA) is 121 Å². The van der Waals surface area contributed by atoms with E-state index >= 15 is 0 Å². The number of hydrogen-bond acceptors (Lipinski definition) is 6. The Hall–Kier alpha value is 0.656. The molecule has 0 aliphatic carbocycles. The summed E-state index contributed by atoms with van der Waals surface area (Å²) in [7, 11) is -4.33. The molecule has 0 radical (unpaired) electrons. The Morgan fingerprint density at radius 1 is 0.556 bits per heavy atom. The van der Waals surface area contributed by atoms with Gasteiger partial charge in [-0.05, 0) is 0 Å². The van der Waals surface area contributed by atoms with Crippen molar-refractivity contribution in [2.24, 2.45) is 0 Å². The monoisotopic (exact) mass is 150 g/mol. The van der Waals surface area contributed by atoms with Crippen molar-refractivity contribution < 1.29 is 30.1 Å². The molecule has 0 bridgehead atoms. The van der Waals surface area contributed by atoms with Crippen LogP contribution in [0.3, 0.4) is 0 Å². The molecule has 0 rings (SSSR count). The molecule has 0 spiro atoms. The predicted molar refractivity (Wildman–Crippen MR) is 33.4 cm³/mol. The average molecular weight is 150 g/mol. The van der Waals surface area contributed by atoms with E-state index in [2.05, 4.69) is 0 Å². The zero-order chi connectivity index (χ0) is 7.15. The van der Waals surface area contributed by atoms with Gasteiger partial charge in [0.2, 0.25) is 0 Å².